The van der Waals surface area contributed by atoms with Gasteiger partial charge >= 0.3 is 5.69 Å². The molecule has 0 radical (unpaired) electrons. The summed E-state index contributed by atoms with van der Waals surface area (Å²) in [5, 5.41) is 26.7. The molecule has 0 aromatic heterocycles. The van der Waals surface area contributed by atoms with Crippen LogP contribution in [0.3, 0.4) is 0 Å². The van der Waals surface area contributed by atoms with Crippen molar-refractivity contribution < 1.29 is 19.3 Å². The molecule has 1 N–H and O–H groups in total. The van der Waals surface area contributed by atoms with Crippen LogP contribution in [-0.2, 0) is 6.61 Å². The maximum Gasteiger partial charge on any atom is 0.301 e. The van der Waals surface area contributed by atoms with Gasteiger partial charge in [0.15, 0.2) is 11.5 Å². The van der Waals surface area contributed by atoms with Crippen molar-refractivity contribution in [2.24, 2.45) is 5.10 Å². The van der Waals surface area contributed by atoms with E-state index in [1.165, 1.54) is 19.4 Å². The van der Waals surface area contributed by atoms with Gasteiger partial charge in [-0.05, 0) is 64.0 Å². The minimum Gasteiger partial charge on any atom is -0.493 e. The van der Waals surface area contributed by atoms with Crippen LogP contribution in [-0.4, -0.2) is 23.2 Å². The molecular formula is C21H16ClIN4O6. The largest absolute Gasteiger partial charge is 0.493 e. The number of halogens is 2. The minimum atomic E-state index is -0.719. The van der Waals surface area contributed by atoms with Gasteiger partial charge in [-0.3, -0.25) is 25.7 Å². The van der Waals surface area contributed by atoms with Crippen molar-refractivity contribution in [1.29, 1.82) is 0 Å². The molecule has 10 nitrogen and oxygen atoms in total. The third-order valence-electron chi connectivity index (χ3n) is 4.31. The van der Waals surface area contributed by atoms with Gasteiger partial charge in [0.2, 0.25) is 0 Å². The second-order valence-corrected chi connectivity index (χ2v) is 8.14. The molecule has 0 unspecified atom stereocenters. The molecule has 3 aromatic carbocycles. The lowest BCUT2D eigenvalue weighted by atomic mass is 10.2. The first-order chi connectivity index (χ1) is 15.8. The highest BCUT2D eigenvalue weighted by molar-refractivity contribution is 14.1. The van der Waals surface area contributed by atoms with Crippen molar-refractivity contribution in [3.05, 3.63) is 94.5 Å². The van der Waals surface area contributed by atoms with Gasteiger partial charge in [0, 0.05) is 11.1 Å². The fraction of sp³-hybridized carbons (Fsp3) is 0.0952. The Morgan fingerprint density at radius 3 is 2.58 bits per heavy atom. The molecule has 0 fully saturated rings. The summed E-state index contributed by atoms with van der Waals surface area (Å²) in [5.41, 5.74) is 3.27. The number of rotatable bonds is 9. The van der Waals surface area contributed by atoms with Crippen molar-refractivity contribution in [2.75, 3.05) is 12.5 Å². The third kappa shape index (κ3) is 6.29. The first kappa shape index (κ1) is 24.2. The molecule has 0 saturated heterocycles. The number of hydrogen-bond acceptors (Lipinski definition) is 8. The van der Waals surface area contributed by atoms with E-state index >= 15 is 0 Å². The summed E-state index contributed by atoms with van der Waals surface area (Å²) in [6, 6.07) is 14.1. The highest BCUT2D eigenvalue weighted by Crippen LogP contribution is 2.34. The highest BCUT2D eigenvalue weighted by atomic mass is 127. The van der Waals surface area contributed by atoms with Crippen LogP contribution in [0.1, 0.15) is 11.1 Å². The molecular weight excluding hydrogens is 567 g/mol. The number of anilines is 1. The third-order valence-corrected chi connectivity index (χ3v) is 5.35. The summed E-state index contributed by atoms with van der Waals surface area (Å²) < 4.78 is 12.1. The molecule has 0 aliphatic heterocycles. The molecule has 3 aromatic rings. The number of nitrogens with zero attached hydrogens (tertiary/aromatic N) is 3. The van der Waals surface area contributed by atoms with E-state index in [0.717, 1.165) is 21.3 Å². The molecule has 0 spiro atoms. The Labute approximate surface area is 206 Å². The zero-order valence-corrected chi connectivity index (χ0v) is 19.9. The molecule has 0 aliphatic rings. The number of nitro groups is 2. The smallest absolute Gasteiger partial charge is 0.301 e. The summed E-state index contributed by atoms with van der Waals surface area (Å²) >= 11 is 8.11. The van der Waals surface area contributed by atoms with E-state index in [1.54, 1.807) is 18.2 Å². The normalized spacial score (nSPS) is 10.8. The molecule has 0 bridgehead atoms. The first-order valence-corrected chi connectivity index (χ1v) is 10.7. The van der Waals surface area contributed by atoms with Gasteiger partial charge in [0.05, 0.1) is 32.8 Å². The number of hydrogen-bond donors (Lipinski definition) is 1. The summed E-state index contributed by atoms with van der Waals surface area (Å²) in [6.45, 7) is 0.297. The molecule has 0 saturated carbocycles. The Bertz CT molecular complexity index is 1240. The van der Waals surface area contributed by atoms with E-state index in [9.17, 15) is 20.2 Å². The van der Waals surface area contributed by atoms with E-state index in [1.807, 2.05) is 18.2 Å². The number of nitro benzene ring substituents is 2. The average Bonchev–Trinajstić information content (AvgIpc) is 2.78. The van der Waals surface area contributed by atoms with Crippen LogP contribution in [0, 0.1) is 23.8 Å². The van der Waals surface area contributed by atoms with Crippen LogP contribution in [0.5, 0.6) is 11.5 Å². The van der Waals surface area contributed by atoms with Crippen molar-refractivity contribution >= 4 is 57.5 Å². The first-order valence-electron chi connectivity index (χ1n) is 9.25. The average molecular weight is 583 g/mol. The number of hydrazone groups is 1. The molecule has 170 valence electrons. The fourth-order valence-electron chi connectivity index (χ4n) is 2.79. The number of nitrogens with one attached hydrogen (secondary N) is 1. The van der Waals surface area contributed by atoms with Gasteiger partial charge in [0.1, 0.15) is 12.3 Å². The monoisotopic (exact) mass is 582 g/mol. The molecule has 33 heavy (non-hydrogen) atoms. The lowest BCUT2D eigenvalue weighted by molar-refractivity contribution is -0.393. The predicted molar refractivity (Wildman–Crippen MR) is 132 cm³/mol. The van der Waals surface area contributed by atoms with Crippen LogP contribution in [0.15, 0.2) is 59.7 Å². The maximum atomic E-state index is 11.2. The van der Waals surface area contributed by atoms with Gasteiger partial charge in [-0.25, -0.2) is 0 Å². The molecule has 0 amide bonds. The molecule has 0 atom stereocenters. The number of methoxy groups -OCH3 is 1. The quantitative estimate of drug-likeness (QED) is 0.146. The minimum absolute atomic E-state index is 0.0185. The van der Waals surface area contributed by atoms with E-state index in [2.05, 4.69) is 33.1 Å². The Hall–Kier alpha value is -3.45. The SMILES string of the molecule is COc1cc(/C=N/Nc2ccc([N+](=O)[O-])cc2[N+](=O)[O-])cc(I)c1OCc1cccc(Cl)c1. The van der Waals surface area contributed by atoms with E-state index in [0.29, 0.717) is 28.7 Å². The lowest BCUT2D eigenvalue weighted by Crippen LogP contribution is -2.01. The summed E-state index contributed by atoms with van der Waals surface area (Å²) in [7, 11) is 1.51. The Morgan fingerprint density at radius 1 is 1.12 bits per heavy atom. The van der Waals surface area contributed by atoms with Crippen LogP contribution in [0.25, 0.3) is 0 Å². The summed E-state index contributed by atoms with van der Waals surface area (Å²) in [4.78, 5) is 20.7. The molecule has 0 heterocycles. The summed E-state index contributed by atoms with van der Waals surface area (Å²) in [5.74, 6) is 1.03. The molecule has 12 heteroatoms. The van der Waals surface area contributed by atoms with Gasteiger partial charge in [0.25, 0.3) is 5.69 Å². The van der Waals surface area contributed by atoms with Gasteiger partial charge in [-0.15, -0.1) is 0 Å². The number of benzene rings is 3. The van der Waals surface area contributed by atoms with Crippen LogP contribution >= 0.6 is 34.2 Å². The Morgan fingerprint density at radius 2 is 1.91 bits per heavy atom. The van der Waals surface area contributed by atoms with Gasteiger partial charge < -0.3 is 9.47 Å². The Kier molecular flexibility index (Phi) is 8.01. The van der Waals surface area contributed by atoms with E-state index in [-0.39, 0.29) is 11.4 Å². The van der Waals surface area contributed by atoms with Crippen molar-refractivity contribution in [2.45, 2.75) is 6.61 Å². The Balaban J connectivity index is 1.77. The van der Waals surface area contributed by atoms with Crippen molar-refractivity contribution in [1.82, 2.24) is 0 Å². The maximum absolute atomic E-state index is 11.2. The lowest BCUT2D eigenvalue weighted by Gasteiger charge is -2.13. The zero-order valence-electron chi connectivity index (χ0n) is 17.0. The predicted octanol–water partition coefficient (Wildman–Crippen LogP) is 5.79. The van der Waals surface area contributed by atoms with Crippen molar-refractivity contribution in [3.8, 4) is 11.5 Å². The second kappa shape index (κ2) is 10.9. The van der Waals surface area contributed by atoms with Crippen LogP contribution < -0.4 is 14.9 Å². The molecule has 0 aliphatic carbocycles. The van der Waals surface area contributed by atoms with E-state index < -0.39 is 15.5 Å². The fourth-order valence-corrected chi connectivity index (χ4v) is 3.79. The highest BCUT2D eigenvalue weighted by Gasteiger charge is 2.19. The second-order valence-electron chi connectivity index (χ2n) is 6.54. The molecule has 3 rings (SSSR count). The van der Waals surface area contributed by atoms with Crippen molar-refractivity contribution in [3.63, 3.8) is 0 Å². The summed E-state index contributed by atoms with van der Waals surface area (Å²) in [6.07, 6.45) is 1.44. The van der Waals surface area contributed by atoms with Gasteiger partial charge in [-0.1, -0.05) is 23.7 Å². The number of ether oxygens (including phenoxy) is 2. The van der Waals surface area contributed by atoms with Crippen LogP contribution in [0.4, 0.5) is 17.1 Å². The number of non-ortho nitro benzene ring substituents is 1. The van der Waals surface area contributed by atoms with Gasteiger partial charge in [-0.2, -0.15) is 5.10 Å². The topological polar surface area (TPSA) is 129 Å². The van der Waals surface area contributed by atoms with E-state index in [4.69, 9.17) is 21.1 Å². The standard InChI is InChI=1S/C21H16ClIN4O6/c1-32-20-9-14(8-17(23)21(20)33-12-13-3-2-4-15(22)7-13)11-24-25-18-6-5-16(26(28)29)10-19(18)27(30)31/h2-11,25H,12H2,1H3/b24-11+. The zero-order chi connectivity index (χ0) is 24.0. The van der Waals surface area contributed by atoms with Crippen LogP contribution in [0.2, 0.25) is 5.02 Å².